The summed E-state index contributed by atoms with van der Waals surface area (Å²) in [5, 5.41) is 3.99. The monoisotopic (exact) mass is 385 g/mol. The van der Waals surface area contributed by atoms with Gasteiger partial charge < -0.3 is 10.2 Å². The number of carbonyl (C=O) groups is 1. The molecular weight excluding hydrogens is 370 g/mol. The zero-order chi connectivity index (χ0) is 17.9. The molecule has 0 aliphatic carbocycles. The van der Waals surface area contributed by atoms with Crippen LogP contribution in [-0.2, 0) is 12.8 Å². The molecule has 0 unspecified atom stereocenters. The van der Waals surface area contributed by atoms with Crippen molar-refractivity contribution >= 4 is 40.5 Å². The predicted octanol–water partition coefficient (Wildman–Crippen LogP) is 3.44. The van der Waals surface area contributed by atoms with Crippen LogP contribution >= 0.6 is 22.9 Å². The molecule has 0 saturated heterocycles. The Labute approximate surface area is 159 Å². The fourth-order valence-corrected chi connectivity index (χ4v) is 3.95. The van der Waals surface area contributed by atoms with Gasteiger partial charge in [-0.15, -0.1) is 11.3 Å². The van der Waals surface area contributed by atoms with E-state index in [9.17, 15) is 4.79 Å². The van der Waals surface area contributed by atoms with Gasteiger partial charge in [0.25, 0.3) is 5.91 Å². The number of rotatable bonds is 3. The molecule has 0 radical (unpaired) electrons. The maximum absolute atomic E-state index is 12.5. The molecule has 0 fully saturated rings. The van der Waals surface area contributed by atoms with Crippen LogP contribution in [0, 0.1) is 0 Å². The summed E-state index contributed by atoms with van der Waals surface area (Å²) in [6, 6.07) is 8.85. The Balaban J connectivity index is 1.45. The average molecular weight is 386 g/mol. The van der Waals surface area contributed by atoms with E-state index in [2.05, 4.69) is 25.2 Å². The molecule has 0 atom stereocenters. The van der Waals surface area contributed by atoms with Crippen LogP contribution in [-0.4, -0.2) is 33.9 Å². The van der Waals surface area contributed by atoms with Gasteiger partial charge in [0, 0.05) is 53.9 Å². The second-order valence-corrected chi connectivity index (χ2v) is 7.41. The summed E-state index contributed by atoms with van der Waals surface area (Å²) in [7, 11) is 0. The first kappa shape index (κ1) is 16.9. The van der Waals surface area contributed by atoms with Crippen molar-refractivity contribution in [3.63, 3.8) is 0 Å². The van der Waals surface area contributed by atoms with E-state index in [1.165, 1.54) is 11.3 Å². The number of aromatic nitrogens is 3. The number of fused-ring (bicyclic) bond motifs is 1. The molecule has 1 N–H and O–H groups in total. The van der Waals surface area contributed by atoms with Gasteiger partial charge in [-0.2, -0.15) is 0 Å². The highest BCUT2D eigenvalue weighted by atomic mass is 35.5. The first-order chi connectivity index (χ1) is 12.7. The standard InChI is InChI=1S/C18H16ClN5OS/c19-12-2-4-13(5-3-12)22-16(25)17-23-14-6-10-24(11-7-15(14)26-17)18-20-8-1-9-21-18/h1-5,8-9H,6-7,10-11H2,(H,22,25). The average Bonchev–Trinajstić information content (AvgIpc) is 2.98. The van der Waals surface area contributed by atoms with Gasteiger partial charge in [-0.05, 0) is 30.3 Å². The Morgan fingerprint density at radius 1 is 1.12 bits per heavy atom. The first-order valence-electron chi connectivity index (χ1n) is 8.26. The van der Waals surface area contributed by atoms with Crippen molar-refractivity contribution in [1.29, 1.82) is 0 Å². The zero-order valence-corrected chi connectivity index (χ0v) is 15.4. The van der Waals surface area contributed by atoms with Crippen LogP contribution in [0.25, 0.3) is 0 Å². The molecule has 1 aliphatic heterocycles. The number of benzene rings is 1. The van der Waals surface area contributed by atoms with Crippen molar-refractivity contribution in [2.75, 3.05) is 23.3 Å². The molecule has 4 rings (SSSR count). The number of halogens is 1. The van der Waals surface area contributed by atoms with Crippen molar-refractivity contribution in [3.05, 3.63) is 63.3 Å². The van der Waals surface area contributed by atoms with E-state index in [1.807, 2.05) is 6.07 Å². The van der Waals surface area contributed by atoms with Gasteiger partial charge in [-0.3, -0.25) is 4.79 Å². The van der Waals surface area contributed by atoms with Gasteiger partial charge in [-0.1, -0.05) is 11.6 Å². The Kier molecular flexibility index (Phi) is 4.81. The SMILES string of the molecule is O=C(Nc1ccc(Cl)cc1)c1nc2c(s1)CCN(c1ncccn1)CC2. The molecule has 6 nitrogen and oxygen atoms in total. The van der Waals surface area contributed by atoms with E-state index in [4.69, 9.17) is 11.6 Å². The molecule has 0 saturated carbocycles. The van der Waals surface area contributed by atoms with Crippen LogP contribution in [0.1, 0.15) is 20.4 Å². The van der Waals surface area contributed by atoms with Gasteiger partial charge in [0.2, 0.25) is 5.95 Å². The molecule has 3 heterocycles. The van der Waals surface area contributed by atoms with Gasteiger partial charge in [0.05, 0.1) is 5.69 Å². The molecule has 1 amide bonds. The second kappa shape index (κ2) is 7.39. The van der Waals surface area contributed by atoms with E-state index >= 15 is 0 Å². The highest BCUT2D eigenvalue weighted by molar-refractivity contribution is 7.13. The summed E-state index contributed by atoms with van der Waals surface area (Å²) in [6.07, 6.45) is 5.11. The van der Waals surface area contributed by atoms with Crippen molar-refractivity contribution in [3.8, 4) is 0 Å². The van der Waals surface area contributed by atoms with Gasteiger partial charge in [0.1, 0.15) is 0 Å². The molecule has 0 bridgehead atoms. The maximum atomic E-state index is 12.5. The fraction of sp³-hybridized carbons (Fsp3) is 0.222. The lowest BCUT2D eigenvalue weighted by Crippen LogP contribution is -2.27. The van der Waals surface area contributed by atoms with Crippen LogP contribution in [0.15, 0.2) is 42.7 Å². The third kappa shape index (κ3) is 3.68. The quantitative estimate of drug-likeness (QED) is 0.747. The third-order valence-electron chi connectivity index (χ3n) is 4.14. The molecule has 3 aromatic rings. The largest absolute Gasteiger partial charge is 0.340 e. The lowest BCUT2D eigenvalue weighted by molar-refractivity contribution is 0.102. The zero-order valence-electron chi connectivity index (χ0n) is 13.9. The number of nitrogens with one attached hydrogen (secondary N) is 1. The molecule has 0 spiro atoms. The molecule has 2 aromatic heterocycles. The van der Waals surface area contributed by atoms with Crippen molar-refractivity contribution < 1.29 is 4.79 Å². The normalized spacial score (nSPS) is 13.8. The lowest BCUT2D eigenvalue weighted by atomic mass is 10.2. The van der Waals surface area contributed by atoms with Gasteiger partial charge >= 0.3 is 0 Å². The number of thiazole rings is 1. The van der Waals surface area contributed by atoms with E-state index < -0.39 is 0 Å². The third-order valence-corrected chi connectivity index (χ3v) is 5.55. The molecule has 1 aromatic carbocycles. The maximum Gasteiger partial charge on any atom is 0.284 e. The van der Waals surface area contributed by atoms with Crippen molar-refractivity contribution in [2.24, 2.45) is 0 Å². The summed E-state index contributed by atoms with van der Waals surface area (Å²) >= 11 is 7.33. The molecule has 132 valence electrons. The molecule has 8 heteroatoms. The Morgan fingerprint density at radius 2 is 1.85 bits per heavy atom. The van der Waals surface area contributed by atoms with E-state index in [-0.39, 0.29) is 5.91 Å². The highest BCUT2D eigenvalue weighted by Crippen LogP contribution is 2.25. The number of hydrogen-bond donors (Lipinski definition) is 1. The smallest absolute Gasteiger partial charge is 0.284 e. The van der Waals surface area contributed by atoms with Crippen molar-refractivity contribution in [1.82, 2.24) is 15.0 Å². The molecule has 26 heavy (non-hydrogen) atoms. The van der Waals surface area contributed by atoms with Crippen LogP contribution in [0.5, 0.6) is 0 Å². The van der Waals surface area contributed by atoms with Crippen LogP contribution < -0.4 is 10.2 Å². The Morgan fingerprint density at radius 3 is 2.62 bits per heavy atom. The van der Waals surface area contributed by atoms with Crippen LogP contribution in [0.4, 0.5) is 11.6 Å². The minimum Gasteiger partial charge on any atom is -0.340 e. The molecule has 1 aliphatic rings. The molecular formula is C18H16ClN5OS. The second-order valence-electron chi connectivity index (χ2n) is 5.89. The summed E-state index contributed by atoms with van der Waals surface area (Å²) in [5.74, 6) is 0.553. The fourth-order valence-electron chi connectivity index (χ4n) is 2.83. The predicted molar refractivity (Wildman–Crippen MR) is 103 cm³/mol. The minimum atomic E-state index is -0.186. The van der Waals surface area contributed by atoms with Crippen LogP contribution in [0.2, 0.25) is 5.02 Å². The summed E-state index contributed by atoms with van der Waals surface area (Å²) in [6.45, 7) is 1.61. The number of amides is 1. The lowest BCUT2D eigenvalue weighted by Gasteiger charge is -2.19. The topological polar surface area (TPSA) is 71.0 Å². The summed E-state index contributed by atoms with van der Waals surface area (Å²) in [4.78, 5) is 29.0. The van der Waals surface area contributed by atoms with E-state index in [0.29, 0.717) is 15.7 Å². The van der Waals surface area contributed by atoms with Gasteiger partial charge in [0.15, 0.2) is 5.01 Å². The first-order valence-corrected chi connectivity index (χ1v) is 9.46. The Hall–Kier alpha value is -2.51. The van der Waals surface area contributed by atoms with E-state index in [0.717, 1.165) is 42.5 Å². The highest BCUT2D eigenvalue weighted by Gasteiger charge is 2.22. The number of nitrogens with zero attached hydrogens (tertiary/aromatic N) is 4. The van der Waals surface area contributed by atoms with Crippen molar-refractivity contribution in [2.45, 2.75) is 12.8 Å². The van der Waals surface area contributed by atoms with Gasteiger partial charge in [-0.25, -0.2) is 15.0 Å². The minimum absolute atomic E-state index is 0.186. The van der Waals surface area contributed by atoms with E-state index in [1.54, 1.807) is 36.7 Å². The van der Waals surface area contributed by atoms with Crippen LogP contribution in [0.3, 0.4) is 0 Å². The number of carbonyl (C=O) groups excluding carboxylic acids is 1. The number of anilines is 2. The summed E-state index contributed by atoms with van der Waals surface area (Å²) < 4.78 is 0. The number of hydrogen-bond acceptors (Lipinski definition) is 6. The Bertz CT molecular complexity index is 888. The summed E-state index contributed by atoms with van der Waals surface area (Å²) in [5.41, 5.74) is 1.70.